The smallest absolute Gasteiger partial charge is 0.240 e. The molecule has 1 aromatic carbocycles. The van der Waals surface area contributed by atoms with Gasteiger partial charge in [-0.2, -0.15) is 0 Å². The molecule has 4 nitrogen and oxygen atoms in total. The predicted molar refractivity (Wildman–Crippen MR) is 62.6 cm³/mol. The molecule has 0 radical (unpaired) electrons. The molecule has 0 saturated carbocycles. The van der Waals surface area contributed by atoms with Gasteiger partial charge in [0.1, 0.15) is 5.82 Å². The molecule has 1 aliphatic heterocycles. The molecule has 1 fully saturated rings. The topological polar surface area (TPSA) is 58.2 Å². The molecule has 94 valence electrons. The van der Waals surface area contributed by atoms with E-state index in [1.807, 2.05) is 0 Å². The summed E-state index contributed by atoms with van der Waals surface area (Å²) in [5.74, 6) is -0.547. The molecule has 1 saturated heterocycles. The van der Waals surface area contributed by atoms with Crippen LogP contribution in [0.3, 0.4) is 0 Å². The van der Waals surface area contributed by atoms with Gasteiger partial charge in [0.05, 0.1) is 4.90 Å². The van der Waals surface area contributed by atoms with Crippen LogP contribution in [0.15, 0.2) is 29.2 Å². The third-order valence-electron chi connectivity index (χ3n) is 2.73. The van der Waals surface area contributed by atoms with Gasteiger partial charge in [-0.05, 0) is 37.6 Å². The molecule has 17 heavy (non-hydrogen) atoms. The van der Waals surface area contributed by atoms with E-state index in [2.05, 4.69) is 10.0 Å². The Morgan fingerprint density at radius 3 is 2.88 bits per heavy atom. The highest BCUT2D eigenvalue weighted by Crippen LogP contribution is 2.12. The largest absolute Gasteiger partial charge is 0.315 e. The second-order valence-corrected chi connectivity index (χ2v) is 5.84. The predicted octanol–water partition coefficient (Wildman–Crippen LogP) is 0.856. The Balaban J connectivity index is 2.13. The maximum Gasteiger partial charge on any atom is 0.240 e. The molecule has 1 unspecified atom stereocenters. The zero-order valence-corrected chi connectivity index (χ0v) is 10.1. The molecule has 1 atom stereocenters. The monoisotopic (exact) mass is 258 g/mol. The maximum absolute atomic E-state index is 13.0. The van der Waals surface area contributed by atoms with E-state index in [1.54, 1.807) is 0 Å². The van der Waals surface area contributed by atoms with E-state index in [0.717, 1.165) is 25.5 Å². The average molecular weight is 258 g/mol. The first-order valence-electron chi connectivity index (χ1n) is 5.56. The fourth-order valence-electron chi connectivity index (χ4n) is 1.87. The van der Waals surface area contributed by atoms with E-state index in [1.165, 1.54) is 18.2 Å². The van der Waals surface area contributed by atoms with Crippen LogP contribution in [0.25, 0.3) is 0 Å². The standard InChI is InChI=1S/C11H15FN2O2S/c12-9-3-1-5-11(7-9)17(15,16)14-10-4-2-6-13-8-10/h1,3,5,7,10,13-14H,2,4,6,8H2. The van der Waals surface area contributed by atoms with Crippen molar-refractivity contribution in [3.05, 3.63) is 30.1 Å². The van der Waals surface area contributed by atoms with Crippen molar-refractivity contribution in [2.24, 2.45) is 0 Å². The summed E-state index contributed by atoms with van der Waals surface area (Å²) in [6.45, 7) is 1.53. The average Bonchev–Trinajstić information content (AvgIpc) is 2.30. The molecule has 1 aliphatic rings. The normalized spacial score (nSPS) is 21.4. The highest BCUT2D eigenvalue weighted by molar-refractivity contribution is 7.89. The Morgan fingerprint density at radius 1 is 1.41 bits per heavy atom. The molecule has 0 aromatic heterocycles. The molecule has 1 heterocycles. The van der Waals surface area contributed by atoms with Crippen LogP contribution in [-0.2, 0) is 10.0 Å². The van der Waals surface area contributed by atoms with Crippen molar-refractivity contribution in [1.82, 2.24) is 10.0 Å². The summed E-state index contributed by atoms with van der Waals surface area (Å²) in [5, 5.41) is 3.12. The van der Waals surface area contributed by atoms with Gasteiger partial charge in [0.25, 0.3) is 0 Å². The number of hydrogen-bond acceptors (Lipinski definition) is 3. The molecule has 2 rings (SSSR count). The molecule has 0 amide bonds. The highest BCUT2D eigenvalue weighted by atomic mass is 32.2. The second-order valence-electron chi connectivity index (χ2n) is 4.12. The molecular formula is C11H15FN2O2S. The van der Waals surface area contributed by atoms with Crippen LogP contribution >= 0.6 is 0 Å². The van der Waals surface area contributed by atoms with Gasteiger partial charge >= 0.3 is 0 Å². The van der Waals surface area contributed by atoms with E-state index in [-0.39, 0.29) is 10.9 Å². The van der Waals surface area contributed by atoms with E-state index in [4.69, 9.17) is 0 Å². The van der Waals surface area contributed by atoms with Crippen LogP contribution in [0.2, 0.25) is 0 Å². The Morgan fingerprint density at radius 2 is 2.24 bits per heavy atom. The minimum Gasteiger partial charge on any atom is -0.315 e. The Hall–Kier alpha value is -0.980. The van der Waals surface area contributed by atoms with Gasteiger partial charge in [0, 0.05) is 12.6 Å². The molecule has 1 aromatic rings. The Labute approximate surface area is 100 Å². The lowest BCUT2D eigenvalue weighted by Crippen LogP contribution is -2.45. The maximum atomic E-state index is 13.0. The first-order valence-corrected chi connectivity index (χ1v) is 7.05. The number of benzene rings is 1. The van der Waals surface area contributed by atoms with Crippen molar-refractivity contribution in [3.8, 4) is 0 Å². The summed E-state index contributed by atoms with van der Waals surface area (Å²) in [6, 6.07) is 4.92. The van der Waals surface area contributed by atoms with Crippen LogP contribution in [-0.4, -0.2) is 27.5 Å². The van der Waals surface area contributed by atoms with Crippen LogP contribution in [0.1, 0.15) is 12.8 Å². The van der Waals surface area contributed by atoms with Crippen molar-refractivity contribution >= 4 is 10.0 Å². The number of nitrogens with one attached hydrogen (secondary N) is 2. The third kappa shape index (κ3) is 3.24. The molecule has 0 aliphatic carbocycles. The van der Waals surface area contributed by atoms with Gasteiger partial charge in [0.2, 0.25) is 10.0 Å². The second kappa shape index (κ2) is 5.12. The summed E-state index contributed by atoms with van der Waals surface area (Å²) in [6.07, 6.45) is 1.75. The van der Waals surface area contributed by atoms with Crippen LogP contribution in [0.4, 0.5) is 4.39 Å². The summed E-state index contributed by atoms with van der Waals surface area (Å²) in [5.41, 5.74) is 0. The molecule has 0 spiro atoms. The summed E-state index contributed by atoms with van der Waals surface area (Å²) in [4.78, 5) is -0.0249. The zero-order valence-electron chi connectivity index (χ0n) is 9.32. The lowest BCUT2D eigenvalue weighted by molar-refractivity contribution is 0.428. The van der Waals surface area contributed by atoms with Crippen LogP contribution < -0.4 is 10.0 Å². The van der Waals surface area contributed by atoms with E-state index >= 15 is 0 Å². The van der Waals surface area contributed by atoms with Crippen LogP contribution in [0, 0.1) is 5.82 Å². The van der Waals surface area contributed by atoms with Crippen molar-refractivity contribution in [1.29, 1.82) is 0 Å². The molecule has 0 bridgehead atoms. The van der Waals surface area contributed by atoms with Gasteiger partial charge in [-0.1, -0.05) is 6.07 Å². The molecular weight excluding hydrogens is 243 g/mol. The number of rotatable bonds is 3. The minimum atomic E-state index is -3.61. The fourth-order valence-corrected chi connectivity index (χ4v) is 3.18. The van der Waals surface area contributed by atoms with Gasteiger partial charge in [-0.15, -0.1) is 0 Å². The number of halogens is 1. The van der Waals surface area contributed by atoms with Crippen LogP contribution in [0.5, 0.6) is 0 Å². The first kappa shape index (κ1) is 12.5. The van der Waals surface area contributed by atoms with Gasteiger partial charge < -0.3 is 5.32 Å². The van der Waals surface area contributed by atoms with Crippen molar-refractivity contribution in [2.75, 3.05) is 13.1 Å². The summed E-state index contributed by atoms with van der Waals surface area (Å²) < 4.78 is 39.4. The van der Waals surface area contributed by atoms with E-state index < -0.39 is 15.8 Å². The van der Waals surface area contributed by atoms with E-state index in [0.29, 0.717) is 6.54 Å². The lowest BCUT2D eigenvalue weighted by Gasteiger charge is -2.23. The van der Waals surface area contributed by atoms with E-state index in [9.17, 15) is 12.8 Å². The first-order chi connectivity index (χ1) is 8.08. The van der Waals surface area contributed by atoms with Gasteiger partial charge in [-0.3, -0.25) is 0 Å². The zero-order chi connectivity index (χ0) is 12.3. The van der Waals surface area contributed by atoms with Crippen molar-refractivity contribution < 1.29 is 12.8 Å². The Bertz CT molecular complexity index is 484. The molecule has 2 N–H and O–H groups in total. The molecule has 6 heteroatoms. The van der Waals surface area contributed by atoms with Crippen molar-refractivity contribution in [3.63, 3.8) is 0 Å². The number of hydrogen-bond donors (Lipinski definition) is 2. The number of piperidine rings is 1. The van der Waals surface area contributed by atoms with Gasteiger partial charge in [0.15, 0.2) is 0 Å². The summed E-state index contributed by atoms with van der Waals surface area (Å²) >= 11 is 0. The SMILES string of the molecule is O=S(=O)(NC1CCCNC1)c1cccc(F)c1. The fraction of sp³-hybridized carbons (Fsp3) is 0.455. The van der Waals surface area contributed by atoms with Crippen molar-refractivity contribution in [2.45, 2.75) is 23.8 Å². The summed E-state index contributed by atoms with van der Waals surface area (Å²) in [7, 11) is -3.61. The third-order valence-corrected chi connectivity index (χ3v) is 4.24. The highest BCUT2D eigenvalue weighted by Gasteiger charge is 2.21. The quantitative estimate of drug-likeness (QED) is 0.845. The Kier molecular flexibility index (Phi) is 3.76. The lowest BCUT2D eigenvalue weighted by atomic mass is 10.1. The number of sulfonamides is 1. The van der Waals surface area contributed by atoms with Gasteiger partial charge in [-0.25, -0.2) is 17.5 Å². The minimum absolute atomic E-state index is 0.0249.